The Kier molecular flexibility index (Phi) is 16.0. The summed E-state index contributed by atoms with van der Waals surface area (Å²) >= 11 is 0. The molecule has 1 atom stereocenters. The van der Waals surface area contributed by atoms with Gasteiger partial charge in [0.1, 0.15) is 0 Å². The zero-order valence-corrected chi connectivity index (χ0v) is 16.2. The van der Waals surface area contributed by atoms with Crippen molar-refractivity contribution in [1.29, 1.82) is 0 Å². The molecule has 0 aliphatic heterocycles. The summed E-state index contributed by atoms with van der Waals surface area (Å²) in [4.78, 5) is 27.4. The molecule has 0 aromatic carbocycles. The molecule has 98 valence electrons. The van der Waals surface area contributed by atoms with Gasteiger partial charge in [0, 0.05) is 6.61 Å². The molecule has 0 aromatic heterocycles. The molecule has 8 nitrogen and oxygen atoms in total. The van der Waals surface area contributed by atoms with Crippen LogP contribution in [-0.4, -0.2) is 61.5 Å². The molecule has 0 bridgehead atoms. The minimum Gasteiger partial charge on any atom is -0.817 e. The van der Waals surface area contributed by atoms with Crippen LogP contribution in [0.1, 0.15) is 6.42 Å². The van der Waals surface area contributed by atoms with Crippen LogP contribution in [0, 0.1) is 0 Å². The standard InChI is InChI=1S/C6H15O8SSi.2Na/c7-6(5-15(8,9)10)4-14-2-1-3-16(11,12)13;;/h6-7,11-12H,1-5H2,(H,8,9,10);;/q-1;2*+1/p-1. The van der Waals surface area contributed by atoms with E-state index >= 15 is 0 Å². The Bertz CT molecular complexity index is 292. The molecule has 0 radical (unpaired) electrons. The summed E-state index contributed by atoms with van der Waals surface area (Å²) < 4.78 is 35.3. The van der Waals surface area contributed by atoms with E-state index in [-0.39, 0.29) is 84.8 Å². The predicted octanol–water partition coefficient (Wildman–Crippen LogP) is -9.41. The van der Waals surface area contributed by atoms with Gasteiger partial charge in [-0.15, -0.1) is 0 Å². The minimum absolute atomic E-state index is 0. The van der Waals surface area contributed by atoms with E-state index < -0.39 is 30.8 Å². The summed E-state index contributed by atoms with van der Waals surface area (Å²) in [5, 5.41) is 8.99. The minimum atomic E-state index is -4.49. The molecular formula is C6H14Na2O8SSi. The van der Waals surface area contributed by atoms with Gasteiger partial charge in [-0.1, -0.05) is 0 Å². The van der Waals surface area contributed by atoms with Crippen LogP contribution in [0.25, 0.3) is 0 Å². The fourth-order valence-corrected chi connectivity index (χ4v) is 2.08. The molecule has 3 N–H and O–H groups in total. The number of aliphatic hydroxyl groups is 1. The number of hydrogen-bond acceptors (Lipinski definition) is 8. The second kappa shape index (κ2) is 11.6. The Morgan fingerprint density at radius 2 is 1.78 bits per heavy atom. The summed E-state index contributed by atoms with van der Waals surface area (Å²) in [5.74, 6) is -0.937. The Balaban J connectivity index is -0.00000112. The Labute approximate surface area is 151 Å². The summed E-state index contributed by atoms with van der Waals surface area (Å²) in [6.45, 7) is -0.375. The first kappa shape index (κ1) is 24.9. The molecule has 0 saturated carbocycles. The topological polar surface area (TPSA) is 150 Å². The molecule has 12 heteroatoms. The van der Waals surface area contributed by atoms with Gasteiger partial charge in [-0.2, -0.15) is 0 Å². The summed E-state index contributed by atoms with van der Waals surface area (Å²) in [7, 11) is -8.80. The van der Waals surface area contributed by atoms with Gasteiger partial charge < -0.3 is 28.8 Å². The van der Waals surface area contributed by atoms with Crippen LogP contribution in [0.3, 0.4) is 0 Å². The number of hydrogen-bond donors (Lipinski definition) is 3. The number of rotatable bonds is 8. The molecule has 0 saturated heterocycles. The maximum absolute atomic E-state index is 10.4. The molecule has 0 aliphatic rings. The largest absolute Gasteiger partial charge is 1.00 e. The summed E-state index contributed by atoms with van der Waals surface area (Å²) in [6.07, 6.45) is -1.32. The monoisotopic (exact) mass is 320 g/mol. The molecule has 0 aromatic rings. The van der Waals surface area contributed by atoms with Gasteiger partial charge in [0.05, 0.1) is 28.6 Å². The zero-order valence-electron chi connectivity index (χ0n) is 10.4. The smallest absolute Gasteiger partial charge is 0.817 e. The van der Waals surface area contributed by atoms with Crippen molar-refractivity contribution in [1.82, 2.24) is 0 Å². The van der Waals surface area contributed by atoms with Crippen LogP contribution in [0.15, 0.2) is 0 Å². The van der Waals surface area contributed by atoms with Crippen molar-refractivity contribution in [2.24, 2.45) is 0 Å². The maximum atomic E-state index is 10.4. The first-order chi connectivity index (χ1) is 7.10. The van der Waals surface area contributed by atoms with Crippen LogP contribution in [0.5, 0.6) is 0 Å². The molecule has 0 rings (SSSR count). The van der Waals surface area contributed by atoms with Crippen LogP contribution in [0.2, 0.25) is 6.04 Å². The molecule has 0 heterocycles. The third kappa shape index (κ3) is 20.2. The van der Waals surface area contributed by atoms with Gasteiger partial charge in [-0.05, 0) is 12.5 Å². The van der Waals surface area contributed by atoms with E-state index in [4.69, 9.17) is 19.4 Å². The first-order valence-corrected chi connectivity index (χ1v) is 8.03. The van der Waals surface area contributed by atoms with Crippen molar-refractivity contribution in [2.45, 2.75) is 18.6 Å². The number of aliphatic hydroxyl groups excluding tert-OH is 1. The van der Waals surface area contributed by atoms with Crippen molar-refractivity contribution in [3.63, 3.8) is 0 Å². The third-order valence-electron chi connectivity index (χ3n) is 1.50. The zero-order chi connectivity index (χ0) is 12.8. The molecular weight excluding hydrogens is 306 g/mol. The fourth-order valence-electron chi connectivity index (χ4n) is 0.908. The van der Waals surface area contributed by atoms with E-state index in [0.29, 0.717) is 0 Å². The van der Waals surface area contributed by atoms with Gasteiger partial charge in [-0.3, -0.25) is 0 Å². The van der Waals surface area contributed by atoms with Crippen molar-refractivity contribution < 1.29 is 96.3 Å². The Morgan fingerprint density at radius 1 is 1.28 bits per heavy atom. The SMILES string of the molecule is O=S(=O)([O-])CC(O)COCCC[Si]([O-])(O)O.[Na+].[Na+]. The maximum Gasteiger partial charge on any atom is 1.00 e. The van der Waals surface area contributed by atoms with Crippen LogP contribution < -0.4 is 63.9 Å². The van der Waals surface area contributed by atoms with Crippen molar-refractivity contribution in [3.05, 3.63) is 0 Å². The van der Waals surface area contributed by atoms with E-state index in [9.17, 15) is 17.8 Å². The number of ether oxygens (including phenoxy) is 1. The molecule has 0 amide bonds. The molecule has 0 spiro atoms. The molecule has 0 fully saturated rings. The van der Waals surface area contributed by atoms with Crippen molar-refractivity contribution >= 4 is 18.9 Å². The second-order valence-corrected chi connectivity index (χ2v) is 6.73. The van der Waals surface area contributed by atoms with E-state index in [1.165, 1.54) is 0 Å². The normalized spacial score (nSPS) is 13.4. The van der Waals surface area contributed by atoms with Gasteiger partial charge in [0.15, 0.2) is 0 Å². The Morgan fingerprint density at radius 3 is 2.17 bits per heavy atom. The summed E-state index contributed by atoms with van der Waals surface area (Å²) in [5.41, 5.74) is 0. The van der Waals surface area contributed by atoms with E-state index in [2.05, 4.69) is 0 Å². The van der Waals surface area contributed by atoms with Gasteiger partial charge >= 0.3 is 59.1 Å². The van der Waals surface area contributed by atoms with Crippen molar-refractivity contribution in [3.8, 4) is 0 Å². The van der Waals surface area contributed by atoms with Gasteiger partial charge in [0.2, 0.25) is 8.80 Å². The quantitative estimate of drug-likeness (QED) is 0.227. The second-order valence-electron chi connectivity index (χ2n) is 3.30. The molecule has 0 aliphatic carbocycles. The van der Waals surface area contributed by atoms with E-state index in [0.717, 1.165) is 0 Å². The molecule has 1 unspecified atom stereocenters. The predicted molar refractivity (Wildman–Crippen MR) is 51.0 cm³/mol. The van der Waals surface area contributed by atoms with Gasteiger partial charge in [0.25, 0.3) is 0 Å². The fraction of sp³-hybridized carbons (Fsp3) is 1.00. The average Bonchev–Trinajstić information content (AvgIpc) is 1.97. The van der Waals surface area contributed by atoms with Crippen LogP contribution in [0.4, 0.5) is 0 Å². The van der Waals surface area contributed by atoms with Crippen LogP contribution in [-0.2, 0) is 14.9 Å². The third-order valence-corrected chi connectivity index (χ3v) is 3.30. The average molecular weight is 320 g/mol. The first-order valence-electron chi connectivity index (χ1n) is 4.45. The summed E-state index contributed by atoms with van der Waals surface area (Å²) in [6, 6.07) is -0.317. The van der Waals surface area contributed by atoms with Crippen LogP contribution >= 0.6 is 0 Å². The van der Waals surface area contributed by atoms with E-state index in [1.807, 2.05) is 0 Å². The van der Waals surface area contributed by atoms with Gasteiger partial charge in [-0.25, -0.2) is 8.42 Å². The Hall–Kier alpha value is 1.93. The molecule has 18 heavy (non-hydrogen) atoms. The van der Waals surface area contributed by atoms with Crippen molar-refractivity contribution in [2.75, 3.05) is 19.0 Å². The van der Waals surface area contributed by atoms with E-state index in [1.54, 1.807) is 0 Å².